The molecule has 0 atom stereocenters. The number of sulfonamides is 2. The normalized spacial score (nSPS) is 12.6. The van der Waals surface area contributed by atoms with Crippen LogP contribution in [0.15, 0.2) is 26.3 Å². The Hall–Kier alpha value is -1.36. The molecule has 0 fully saturated rings. The Kier molecular flexibility index (Phi) is 10.4. The van der Waals surface area contributed by atoms with Crippen molar-refractivity contribution in [1.29, 1.82) is 0 Å². The van der Waals surface area contributed by atoms with E-state index in [0.29, 0.717) is 6.42 Å². The van der Waals surface area contributed by atoms with Crippen molar-refractivity contribution in [2.45, 2.75) is 61.7 Å². The summed E-state index contributed by atoms with van der Waals surface area (Å²) >= 11 is 5.99. The highest BCUT2D eigenvalue weighted by Crippen LogP contribution is 2.31. The molecule has 1 aromatic rings. The number of anilines is 1. The zero-order chi connectivity index (χ0) is 22.1. The van der Waals surface area contributed by atoms with Gasteiger partial charge in [0.1, 0.15) is 16.1 Å². The van der Waals surface area contributed by atoms with Gasteiger partial charge >= 0.3 is 0 Å². The van der Waals surface area contributed by atoms with Crippen LogP contribution in [0.4, 0.5) is 5.69 Å². The first kappa shape index (κ1) is 25.7. The van der Waals surface area contributed by atoms with Gasteiger partial charge in [-0.3, -0.25) is 0 Å². The van der Waals surface area contributed by atoms with E-state index < -0.39 is 24.9 Å². The highest BCUT2D eigenvalue weighted by molar-refractivity contribution is 7.91. The van der Waals surface area contributed by atoms with Crippen LogP contribution in [-0.4, -0.2) is 48.7 Å². The fraction of sp³-hybridized carbons (Fsp3) is 0.611. The number of halogens is 1. The summed E-state index contributed by atoms with van der Waals surface area (Å²) in [6.07, 6.45) is 8.48. The van der Waals surface area contributed by atoms with Crippen LogP contribution in [-0.2, 0) is 20.0 Å². The second-order valence-corrected chi connectivity index (χ2v) is 10.7. The lowest BCUT2D eigenvalue weighted by Gasteiger charge is -2.12. The molecule has 0 saturated carbocycles. The van der Waals surface area contributed by atoms with E-state index >= 15 is 0 Å². The predicted octanol–water partition coefficient (Wildman–Crippen LogP) is 3.23. The molecule has 0 aliphatic heterocycles. The van der Waals surface area contributed by atoms with Crippen molar-refractivity contribution in [3.8, 4) is 0 Å². The summed E-state index contributed by atoms with van der Waals surface area (Å²) in [4.78, 5) is 0.691. The first-order valence-electron chi connectivity index (χ1n) is 9.57. The van der Waals surface area contributed by atoms with Crippen molar-refractivity contribution in [2.24, 2.45) is 4.40 Å². The molecule has 1 rings (SSSR count). The molecule has 0 aromatic heterocycles. The van der Waals surface area contributed by atoms with Crippen molar-refractivity contribution < 1.29 is 16.8 Å². The molecule has 0 aliphatic rings. The third kappa shape index (κ3) is 8.49. The molecule has 0 heterocycles. The fourth-order valence-corrected chi connectivity index (χ4v) is 5.31. The number of unbranched alkanes of at least 4 members (excludes halogenated alkanes) is 6. The second kappa shape index (κ2) is 11.7. The number of benzene rings is 1. The van der Waals surface area contributed by atoms with Gasteiger partial charge < -0.3 is 10.6 Å². The smallest absolute Gasteiger partial charge is 0.285 e. The quantitative estimate of drug-likeness (QED) is 0.199. The Bertz CT molecular complexity index is 901. The van der Waals surface area contributed by atoms with Gasteiger partial charge in [-0.2, -0.15) is 8.42 Å². The van der Waals surface area contributed by atoms with Crippen LogP contribution in [0.5, 0.6) is 0 Å². The van der Waals surface area contributed by atoms with Gasteiger partial charge in [0, 0.05) is 20.6 Å². The average molecular weight is 467 g/mol. The maximum Gasteiger partial charge on any atom is 0.285 e. The fourth-order valence-electron chi connectivity index (χ4n) is 2.56. The van der Waals surface area contributed by atoms with E-state index in [4.69, 9.17) is 17.3 Å². The first-order valence-corrected chi connectivity index (χ1v) is 12.9. The monoisotopic (exact) mass is 466 g/mol. The molecule has 0 amide bonds. The van der Waals surface area contributed by atoms with E-state index in [1.807, 2.05) is 0 Å². The van der Waals surface area contributed by atoms with E-state index in [0.717, 1.165) is 37.7 Å². The zero-order valence-corrected chi connectivity index (χ0v) is 19.6. The first-order chi connectivity index (χ1) is 13.5. The van der Waals surface area contributed by atoms with E-state index in [1.54, 1.807) is 14.1 Å². The molecule has 0 radical (unpaired) electrons. The summed E-state index contributed by atoms with van der Waals surface area (Å²) in [5, 5.41) is -0.190. The molecule has 0 spiro atoms. The topological polar surface area (TPSA) is 122 Å². The Morgan fingerprint density at radius 3 is 2.21 bits per heavy atom. The zero-order valence-electron chi connectivity index (χ0n) is 17.2. The molecule has 166 valence electrons. The maximum absolute atomic E-state index is 12.6. The molecule has 0 aliphatic carbocycles. The minimum Gasteiger partial charge on any atom is -0.398 e. The summed E-state index contributed by atoms with van der Waals surface area (Å²) in [6.45, 7) is 2.40. The summed E-state index contributed by atoms with van der Waals surface area (Å²) in [6, 6.07) is 2.06. The highest BCUT2D eigenvalue weighted by Gasteiger charge is 2.24. The predicted molar refractivity (Wildman–Crippen MR) is 118 cm³/mol. The van der Waals surface area contributed by atoms with Crippen LogP contribution >= 0.6 is 11.6 Å². The number of nitrogens with one attached hydrogen (secondary N) is 1. The van der Waals surface area contributed by atoms with Gasteiger partial charge in [0.2, 0.25) is 10.0 Å². The van der Waals surface area contributed by atoms with Crippen LogP contribution in [0.3, 0.4) is 0 Å². The Morgan fingerprint density at radius 1 is 1.03 bits per heavy atom. The average Bonchev–Trinajstić information content (AvgIpc) is 2.62. The number of nitrogen functional groups attached to an aromatic ring is 1. The highest BCUT2D eigenvalue weighted by atomic mass is 35.5. The molecule has 0 unspecified atom stereocenters. The van der Waals surface area contributed by atoms with Gasteiger partial charge in [0.25, 0.3) is 10.0 Å². The van der Waals surface area contributed by atoms with Crippen molar-refractivity contribution in [3.05, 3.63) is 17.2 Å². The van der Waals surface area contributed by atoms with Crippen LogP contribution < -0.4 is 10.5 Å². The molecular weight excluding hydrogens is 436 g/mol. The van der Waals surface area contributed by atoms with Crippen LogP contribution in [0.25, 0.3) is 0 Å². The molecule has 1 aromatic carbocycles. The lowest BCUT2D eigenvalue weighted by molar-refractivity contribution is 0.563. The van der Waals surface area contributed by atoms with Crippen LogP contribution in [0.2, 0.25) is 5.02 Å². The number of hydrogen-bond donors (Lipinski definition) is 2. The minimum atomic E-state index is -4.18. The molecule has 0 saturated heterocycles. The van der Waals surface area contributed by atoms with Gasteiger partial charge in [0.05, 0.1) is 10.7 Å². The van der Waals surface area contributed by atoms with Gasteiger partial charge in [-0.15, -0.1) is 4.40 Å². The van der Waals surface area contributed by atoms with Gasteiger partial charge in [0.15, 0.2) is 0 Å². The van der Waals surface area contributed by atoms with Crippen molar-refractivity contribution in [3.63, 3.8) is 0 Å². The maximum atomic E-state index is 12.6. The SMILES string of the molecule is CCCCCCCCCNS(=O)(=O)c1cc(S(=O)(=O)N=CN(C)C)c(Cl)cc1N. The van der Waals surface area contributed by atoms with Crippen LogP contribution in [0.1, 0.15) is 51.9 Å². The third-order valence-electron chi connectivity index (χ3n) is 4.12. The summed E-state index contributed by atoms with van der Waals surface area (Å²) in [7, 11) is -4.95. The van der Waals surface area contributed by atoms with E-state index in [-0.39, 0.29) is 22.2 Å². The van der Waals surface area contributed by atoms with Gasteiger partial charge in [-0.05, 0) is 18.6 Å². The van der Waals surface area contributed by atoms with Crippen LogP contribution in [0, 0.1) is 0 Å². The second-order valence-electron chi connectivity index (χ2n) is 7.00. The van der Waals surface area contributed by atoms with Crippen molar-refractivity contribution >= 4 is 43.7 Å². The standard InChI is InChI=1S/C18H31ClN4O4S2/c1-4-5-6-7-8-9-10-11-21-29(26,27)18-13-17(15(19)12-16(18)20)28(24,25)22-14-23(2)3/h12-14,21H,4-11,20H2,1-3H3. The van der Waals surface area contributed by atoms with Gasteiger partial charge in [-0.25, -0.2) is 13.1 Å². The summed E-state index contributed by atoms with van der Waals surface area (Å²) in [5.41, 5.74) is 5.67. The Morgan fingerprint density at radius 2 is 1.62 bits per heavy atom. The number of rotatable bonds is 13. The van der Waals surface area contributed by atoms with E-state index in [1.165, 1.54) is 24.2 Å². The number of nitrogens with two attached hydrogens (primary N) is 1. The molecule has 3 N–H and O–H groups in total. The third-order valence-corrected chi connectivity index (χ3v) is 7.33. The Balaban J connectivity index is 2.89. The molecule has 11 heteroatoms. The molecular formula is C18H31ClN4O4S2. The minimum absolute atomic E-state index is 0.127. The lowest BCUT2D eigenvalue weighted by Crippen LogP contribution is -2.26. The van der Waals surface area contributed by atoms with E-state index in [9.17, 15) is 16.8 Å². The van der Waals surface area contributed by atoms with E-state index in [2.05, 4.69) is 16.0 Å². The van der Waals surface area contributed by atoms with Gasteiger partial charge in [-0.1, -0.05) is 57.0 Å². The molecule has 29 heavy (non-hydrogen) atoms. The number of nitrogens with zero attached hydrogens (tertiary/aromatic N) is 2. The van der Waals surface area contributed by atoms with Crippen molar-refractivity contribution in [1.82, 2.24) is 9.62 Å². The summed E-state index contributed by atoms with van der Waals surface area (Å²) < 4.78 is 56.0. The molecule has 8 nitrogen and oxygen atoms in total. The largest absolute Gasteiger partial charge is 0.398 e. The van der Waals surface area contributed by atoms with Crippen molar-refractivity contribution in [2.75, 3.05) is 26.4 Å². The Labute approximate surface area is 179 Å². The number of hydrogen-bond acceptors (Lipinski definition) is 5. The molecule has 0 bridgehead atoms. The lowest BCUT2D eigenvalue weighted by atomic mass is 10.1. The summed E-state index contributed by atoms with van der Waals surface area (Å²) in [5.74, 6) is 0.